The number of nitrogens with one attached hydrogen (secondary N) is 2. The summed E-state index contributed by atoms with van der Waals surface area (Å²) in [6, 6.07) is 0. The van der Waals surface area contributed by atoms with Crippen molar-refractivity contribution in [1.82, 2.24) is 10.5 Å². The Labute approximate surface area is 77.4 Å². The fourth-order valence-electron chi connectivity index (χ4n) is 1.80. The molecule has 3 heteroatoms. The van der Waals surface area contributed by atoms with Gasteiger partial charge in [-0.05, 0) is 36.5 Å². The van der Waals surface area contributed by atoms with Gasteiger partial charge in [-0.1, -0.05) is 6.08 Å². The molecule has 0 unspecified atom stereocenters. The van der Waals surface area contributed by atoms with E-state index in [-0.39, 0.29) is 0 Å². The van der Waals surface area contributed by atoms with Crippen LogP contribution in [0.4, 0.5) is 0 Å². The molecule has 1 aromatic rings. The summed E-state index contributed by atoms with van der Waals surface area (Å²) in [5.41, 5.74) is 6.15. The second-order valence-electron chi connectivity index (χ2n) is 3.31. The van der Waals surface area contributed by atoms with Gasteiger partial charge in [-0.3, -0.25) is 0 Å². The molecule has 0 atom stereocenters. The van der Waals surface area contributed by atoms with Gasteiger partial charge in [0, 0.05) is 18.4 Å². The minimum Gasteiger partial charge on any atom is -0.361 e. The van der Waals surface area contributed by atoms with E-state index in [1.54, 1.807) is 0 Å². The molecule has 0 radical (unpaired) electrons. The number of hydroxylamine groups is 1. The molecule has 1 aliphatic rings. The van der Waals surface area contributed by atoms with Gasteiger partial charge in [-0.15, -0.1) is 0 Å². The third-order valence-electron chi connectivity index (χ3n) is 2.47. The molecule has 1 heterocycles. The Bertz CT molecular complexity index is 315. The van der Waals surface area contributed by atoms with E-state index in [0.29, 0.717) is 6.54 Å². The molecule has 3 N–H and O–H groups in total. The number of fused-ring (bicyclic) bond motifs is 1. The van der Waals surface area contributed by atoms with Crippen LogP contribution in [0.2, 0.25) is 0 Å². The Morgan fingerprint density at radius 3 is 3.31 bits per heavy atom. The number of aromatic amines is 1. The van der Waals surface area contributed by atoms with Crippen LogP contribution >= 0.6 is 0 Å². The fourth-order valence-corrected chi connectivity index (χ4v) is 1.80. The van der Waals surface area contributed by atoms with Crippen LogP contribution in [-0.4, -0.2) is 16.7 Å². The number of rotatable bonds is 3. The van der Waals surface area contributed by atoms with Crippen LogP contribution in [0.3, 0.4) is 0 Å². The van der Waals surface area contributed by atoms with E-state index in [2.05, 4.69) is 22.6 Å². The van der Waals surface area contributed by atoms with Gasteiger partial charge in [-0.2, -0.15) is 0 Å². The zero-order valence-electron chi connectivity index (χ0n) is 7.51. The zero-order valence-corrected chi connectivity index (χ0v) is 7.51. The number of allylic oxidation sites excluding steroid dienone is 1. The molecular formula is C10H14N2O. The Balaban J connectivity index is 2.18. The van der Waals surface area contributed by atoms with E-state index in [1.165, 1.54) is 16.8 Å². The first kappa shape index (κ1) is 8.53. The highest BCUT2D eigenvalue weighted by Crippen LogP contribution is 2.22. The van der Waals surface area contributed by atoms with Gasteiger partial charge < -0.3 is 10.2 Å². The summed E-state index contributed by atoms with van der Waals surface area (Å²) in [5.74, 6) is 0. The second kappa shape index (κ2) is 3.77. The quantitative estimate of drug-likeness (QED) is 0.614. The first-order valence-electron chi connectivity index (χ1n) is 4.64. The molecular weight excluding hydrogens is 164 g/mol. The van der Waals surface area contributed by atoms with Gasteiger partial charge in [0.2, 0.25) is 0 Å². The van der Waals surface area contributed by atoms with Gasteiger partial charge in [0.1, 0.15) is 0 Å². The third-order valence-corrected chi connectivity index (χ3v) is 2.47. The number of aromatic nitrogens is 1. The second-order valence-corrected chi connectivity index (χ2v) is 3.31. The predicted molar refractivity (Wildman–Crippen MR) is 51.6 cm³/mol. The van der Waals surface area contributed by atoms with E-state index in [1.807, 2.05) is 6.20 Å². The number of hydrogen-bond donors (Lipinski definition) is 3. The summed E-state index contributed by atoms with van der Waals surface area (Å²) in [7, 11) is 0. The molecule has 0 amide bonds. The van der Waals surface area contributed by atoms with Crippen molar-refractivity contribution in [2.75, 3.05) is 6.54 Å². The first-order valence-corrected chi connectivity index (χ1v) is 4.64. The molecule has 0 aliphatic heterocycles. The van der Waals surface area contributed by atoms with E-state index >= 15 is 0 Å². The van der Waals surface area contributed by atoms with Crippen molar-refractivity contribution in [2.24, 2.45) is 0 Å². The molecule has 0 bridgehead atoms. The smallest absolute Gasteiger partial charge is 0.0412 e. The molecule has 1 aromatic heterocycles. The maximum atomic E-state index is 8.49. The molecule has 0 saturated carbocycles. The Kier molecular flexibility index (Phi) is 2.47. The van der Waals surface area contributed by atoms with Crippen LogP contribution in [0, 0.1) is 0 Å². The highest BCUT2D eigenvalue weighted by atomic mass is 16.5. The molecule has 0 fully saturated rings. The predicted octanol–water partition coefficient (Wildman–Crippen LogP) is 1.50. The van der Waals surface area contributed by atoms with Crippen molar-refractivity contribution in [3.63, 3.8) is 0 Å². The Morgan fingerprint density at radius 2 is 2.46 bits per heavy atom. The summed E-state index contributed by atoms with van der Waals surface area (Å²) >= 11 is 0. The maximum Gasteiger partial charge on any atom is 0.0412 e. The average molecular weight is 178 g/mol. The topological polar surface area (TPSA) is 48.0 Å². The lowest BCUT2D eigenvalue weighted by Gasteiger charge is -2.07. The van der Waals surface area contributed by atoms with Crippen LogP contribution in [0.25, 0.3) is 6.08 Å². The Morgan fingerprint density at radius 1 is 1.54 bits per heavy atom. The van der Waals surface area contributed by atoms with Gasteiger partial charge in [0.25, 0.3) is 0 Å². The molecule has 13 heavy (non-hydrogen) atoms. The molecule has 1 aliphatic carbocycles. The molecule has 3 nitrogen and oxygen atoms in total. The van der Waals surface area contributed by atoms with Crippen molar-refractivity contribution >= 4 is 6.08 Å². The van der Waals surface area contributed by atoms with Crippen LogP contribution in [0.15, 0.2) is 12.3 Å². The summed E-state index contributed by atoms with van der Waals surface area (Å²) < 4.78 is 0. The monoisotopic (exact) mass is 178 g/mol. The third kappa shape index (κ3) is 1.66. The van der Waals surface area contributed by atoms with Crippen molar-refractivity contribution < 1.29 is 5.21 Å². The van der Waals surface area contributed by atoms with E-state index in [0.717, 1.165) is 19.3 Å². The molecule has 0 spiro atoms. The largest absolute Gasteiger partial charge is 0.361 e. The van der Waals surface area contributed by atoms with Crippen LogP contribution < -0.4 is 5.48 Å². The van der Waals surface area contributed by atoms with Gasteiger partial charge in [-0.25, -0.2) is 5.48 Å². The van der Waals surface area contributed by atoms with Crippen molar-refractivity contribution in [1.29, 1.82) is 0 Å². The van der Waals surface area contributed by atoms with E-state index < -0.39 is 0 Å². The van der Waals surface area contributed by atoms with Crippen molar-refractivity contribution in [3.8, 4) is 0 Å². The lowest BCUT2D eigenvalue weighted by molar-refractivity contribution is 0.168. The van der Waals surface area contributed by atoms with Crippen molar-refractivity contribution in [3.05, 3.63) is 29.1 Å². The van der Waals surface area contributed by atoms with Crippen LogP contribution in [-0.2, 0) is 12.8 Å². The number of hydrogen-bond acceptors (Lipinski definition) is 2. The average Bonchev–Trinajstić information content (AvgIpc) is 2.58. The molecule has 2 rings (SSSR count). The summed E-state index contributed by atoms with van der Waals surface area (Å²) in [5, 5.41) is 8.49. The number of H-pyrrole nitrogens is 1. The minimum absolute atomic E-state index is 0.619. The minimum atomic E-state index is 0.619. The van der Waals surface area contributed by atoms with Gasteiger partial charge in [0.05, 0.1) is 0 Å². The summed E-state index contributed by atoms with van der Waals surface area (Å²) in [4.78, 5) is 3.24. The van der Waals surface area contributed by atoms with Crippen LogP contribution in [0.1, 0.15) is 23.2 Å². The Hall–Kier alpha value is -1.06. The molecule has 0 saturated heterocycles. The van der Waals surface area contributed by atoms with Crippen molar-refractivity contribution in [2.45, 2.75) is 19.3 Å². The molecule has 0 aromatic carbocycles. The van der Waals surface area contributed by atoms with Gasteiger partial charge in [0.15, 0.2) is 0 Å². The lowest BCUT2D eigenvalue weighted by Crippen LogP contribution is -2.11. The SMILES string of the molecule is ONCCc1c[nH]c2c1CCC=C2. The summed E-state index contributed by atoms with van der Waals surface area (Å²) in [6.45, 7) is 0.619. The lowest BCUT2D eigenvalue weighted by atomic mass is 9.99. The van der Waals surface area contributed by atoms with Crippen LogP contribution in [0.5, 0.6) is 0 Å². The maximum absolute atomic E-state index is 8.49. The highest BCUT2D eigenvalue weighted by Gasteiger charge is 2.10. The first-order chi connectivity index (χ1) is 6.42. The molecule has 70 valence electrons. The highest BCUT2D eigenvalue weighted by molar-refractivity contribution is 5.55. The summed E-state index contributed by atoms with van der Waals surface area (Å²) in [6.07, 6.45) is 9.50. The fraction of sp³-hybridized carbons (Fsp3) is 0.400. The van der Waals surface area contributed by atoms with E-state index in [4.69, 9.17) is 5.21 Å². The normalized spacial score (nSPS) is 14.5. The van der Waals surface area contributed by atoms with E-state index in [9.17, 15) is 0 Å². The van der Waals surface area contributed by atoms with Gasteiger partial charge >= 0.3 is 0 Å². The standard InChI is InChI=1S/C10H14N2O/c13-12-6-5-8-7-11-10-4-2-1-3-9(8)10/h2,4,7,11-13H,1,3,5-6H2. The zero-order chi connectivity index (χ0) is 9.10.